The number of carbonyl (C=O) groups excluding carboxylic acids is 1. The second-order valence-electron chi connectivity index (χ2n) is 7.02. The Bertz CT molecular complexity index is 1040. The minimum absolute atomic E-state index is 0.0130. The fraction of sp³-hybridized carbons (Fsp3) is 0.318. The van der Waals surface area contributed by atoms with Crippen LogP contribution in [0, 0.1) is 0 Å². The number of piperidine rings is 1. The van der Waals surface area contributed by atoms with E-state index in [-0.39, 0.29) is 17.4 Å². The van der Waals surface area contributed by atoms with Crippen LogP contribution in [0.2, 0.25) is 0 Å². The summed E-state index contributed by atoms with van der Waals surface area (Å²) in [4.78, 5) is 34.6. The first-order valence-corrected chi connectivity index (χ1v) is 10.7. The quantitative estimate of drug-likeness (QED) is 0.693. The van der Waals surface area contributed by atoms with Crippen molar-refractivity contribution in [2.24, 2.45) is 0 Å². The van der Waals surface area contributed by atoms with E-state index < -0.39 is 0 Å². The van der Waals surface area contributed by atoms with E-state index in [1.165, 1.54) is 6.07 Å². The number of carbonyl (C=O) groups is 1. The summed E-state index contributed by atoms with van der Waals surface area (Å²) in [5, 5.41) is 3.96. The van der Waals surface area contributed by atoms with Gasteiger partial charge in [-0.25, -0.2) is 4.98 Å². The van der Waals surface area contributed by atoms with Crippen molar-refractivity contribution >= 4 is 17.2 Å². The van der Waals surface area contributed by atoms with Crippen LogP contribution in [-0.2, 0) is 0 Å². The van der Waals surface area contributed by atoms with Gasteiger partial charge in [-0.2, -0.15) is 11.3 Å². The average molecular weight is 410 g/mol. The van der Waals surface area contributed by atoms with Gasteiger partial charge in [0, 0.05) is 36.0 Å². The highest BCUT2D eigenvalue weighted by atomic mass is 32.1. The van der Waals surface area contributed by atoms with Gasteiger partial charge in [-0.15, -0.1) is 0 Å². The molecule has 1 aromatic carbocycles. The number of likely N-dealkylation sites (tertiary alicyclic amines) is 1. The molecule has 29 heavy (non-hydrogen) atoms. The van der Waals surface area contributed by atoms with Gasteiger partial charge in [-0.3, -0.25) is 9.59 Å². The molecule has 3 aromatic rings. The van der Waals surface area contributed by atoms with Gasteiger partial charge in [-0.1, -0.05) is 12.1 Å². The smallest absolute Gasteiger partial charge is 0.257 e. The van der Waals surface area contributed by atoms with Gasteiger partial charge in [0.2, 0.25) is 0 Å². The Morgan fingerprint density at radius 2 is 2.07 bits per heavy atom. The lowest BCUT2D eigenvalue weighted by atomic mass is 9.95. The Morgan fingerprint density at radius 3 is 2.79 bits per heavy atom. The number of benzene rings is 1. The number of thiophene rings is 1. The molecule has 0 atom stereocenters. The largest absolute Gasteiger partial charge is 0.493 e. The second-order valence-corrected chi connectivity index (χ2v) is 7.80. The molecular weight excluding hydrogens is 386 g/mol. The first-order valence-electron chi connectivity index (χ1n) is 9.80. The van der Waals surface area contributed by atoms with Crippen LogP contribution in [-0.4, -0.2) is 40.5 Å². The number of nitrogens with zero attached hydrogens (tertiary/aromatic N) is 2. The molecule has 2 aromatic heterocycles. The average Bonchev–Trinajstić information content (AvgIpc) is 3.29. The van der Waals surface area contributed by atoms with Crippen LogP contribution in [0.3, 0.4) is 0 Å². The molecule has 7 heteroatoms. The normalized spacial score (nSPS) is 14.7. The maximum atomic E-state index is 13.0. The summed E-state index contributed by atoms with van der Waals surface area (Å²) in [5.41, 5.74) is 2.12. The molecule has 1 N–H and O–H groups in total. The van der Waals surface area contributed by atoms with Crippen LogP contribution in [0.4, 0.5) is 0 Å². The molecule has 1 saturated heterocycles. The molecule has 1 aliphatic heterocycles. The molecule has 1 aliphatic rings. The predicted molar refractivity (Wildman–Crippen MR) is 114 cm³/mol. The van der Waals surface area contributed by atoms with Gasteiger partial charge < -0.3 is 14.6 Å². The molecule has 0 saturated carbocycles. The molecule has 0 radical (unpaired) electrons. The third-order valence-corrected chi connectivity index (χ3v) is 5.85. The maximum Gasteiger partial charge on any atom is 0.257 e. The number of hydrogen-bond donors (Lipinski definition) is 1. The highest BCUT2D eigenvalue weighted by molar-refractivity contribution is 7.08. The van der Waals surface area contributed by atoms with E-state index in [2.05, 4.69) is 4.98 Å². The summed E-state index contributed by atoms with van der Waals surface area (Å²) in [6, 6.07) is 10.9. The van der Waals surface area contributed by atoms with E-state index in [0.717, 1.165) is 18.4 Å². The lowest BCUT2D eigenvalue weighted by Gasteiger charge is -2.32. The SMILES string of the molecule is CCOc1ccccc1C(=O)N1CCC(c2nc(-c3ccsc3)cc(=O)[nH]2)CC1. The summed E-state index contributed by atoms with van der Waals surface area (Å²) in [7, 11) is 0. The lowest BCUT2D eigenvalue weighted by molar-refractivity contribution is 0.0707. The third kappa shape index (κ3) is 4.24. The zero-order valence-electron chi connectivity index (χ0n) is 16.3. The van der Waals surface area contributed by atoms with Crippen molar-refractivity contribution in [3.05, 3.63) is 68.9 Å². The molecular formula is C22H23N3O3S. The molecule has 1 fully saturated rings. The van der Waals surface area contributed by atoms with Crippen LogP contribution in [0.25, 0.3) is 11.3 Å². The number of rotatable bonds is 5. The summed E-state index contributed by atoms with van der Waals surface area (Å²) < 4.78 is 5.60. The monoisotopic (exact) mass is 409 g/mol. The van der Waals surface area contributed by atoms with E-state index in [9.17, 15) is 9.59 Å². The Balaban J connectivity index is 1.48. The number of aromatic nitrogens is 2. The van der Waals surface area contributed by atoms with E-state index in [1.54, 1.807) is 11.3 Å². The Kier molecular flexibility index (Phi) is 5.76. The number of H-pyrrole nitrogens is 1. The van der Waals surface area contributed by atoms with Crippen LogP contribution >= 0.6 is 11.3 Å². The number of para-hydroxylation sites is 1. The van der Waals surface area contributed by atoms with Crippen molar-refractivity contribution in [2.75, 3.05) is 19.7 Å². The third-order valence-electron chi connectivity index (χ3n) is 5.16. The molecule has 4 rings (SSSR count). The maximum absolute atomic E-state index is 13.0. The number of amides is 1. The lowest BCUT2D eigenvalue weighted by Crippen LogP contribution is -2.38. The second kappa shape index (κ2) is 8.61. The summed E-state index contributed by atoms with van der Waals surface area (Å²) in [5.74, 6) is 1.45. The minimum Gasteiger partial charge on any atom is -0.493 e. The van der Waals surface area contributed by atoms with Gasteiger partial charge in [-0.05, 0) is 43.3 Å². The standard InChI is InChI=1S/C22H23N3O3S/c1-2-28-19-6-4-3-5-17(19)22(27)25-10-7-15(8-11-25)21-23-18(13-20(26)24-21)16-9-12-29-14-16/h3-6,9,12-15H,2,7-8,10-11H2,1H3,(H,23,24,26). The highest BCUT2D eigenvalue weighted by Gasteiger charge is 2.27. The molecule has 150 valence electrons. The van der Waals surface area contributed by atoms with Crippen LogP contribution in [0.1, 0.15) is 41.9 Å². The molecule has 3 heterocycles. The van der Waals surface area contributed by atoms with Gasteiger partial charge in [0.05, 0.1) is 17.9 Å². The summed E-state index contributed by atoms with van der Waals surface area (Å²) >= 11 is 1.58. The first-order chi connectivity index (χ1) is 14.2. The van der Waals surface area contributed by atoms with Crippen LogP contribution in [0.15, 0.2) is 52.0 Å². The van der Waals surface area contributed by atoms with Crippen molar-refractivity contribution in [1.29, 1.82) is 0 Å². The Hall–Kier alpha value is -2.93. The van der Waals surface area contributed by atoms with Crippen LogP contribution in [0.5, 0.6) is 5.75 Å². The van der Waals surface area contributed by atoms with Gasteiger partial charge in [0.1, 0.15) is 11.6 Å². The van der Waals surface area contributed by atoms with Crippen molar-refractivity contribution in [1.82, 2.24) is 14.9 Å². The molecule has 0 bridgehead atoms. The predicted octanol–water partition coefficient (Wildman–Crippen LogP) is 3.92. The molecule has 6 nitrogen and oxygen atoms in total. The molecule has 0 unspecified atom stereocenters. The van der Waals surface area contributed by atoms with E-state index in [0.29, 0.717) is 42.5 Å². The number of nitrogens with one attached hydrogen (secondary N) is 1. The first kappa shape index (κ1) is 19.4. The fourth-order valence-electron chi connectivity index (χ4n) is 3.68. The number of aromatic amines is 1. The molecule has 1 amide bonds. The van der Waals surface area contributed by atoms with E-state index in [4.69, 9.17) is 9.72 Å². The van der Waals surface area contributed by atoms with Crippen molar-refractivity contribution in [2.45, 2.75) is 25.7 Å². The summed E-state index contributed by atoms with van der Waals surface area (Å²) in [6.45, 7) is 3.67. The Morgan fingerprint density at radius 1 is 1.28 bits per heavy atom. The van der Waals surface area contributed by atoms with Crippen molar-refractivity contribution in [3.8, 4) is 17.0 Å². The van der Waals surface area contributed by atoms with Gasteiger partial charge in [0.25, 0.3) is 11.5 Å². The highest BCUT2D eigenvalue weighted by Crippen LogP contribution is 2.29. The van der Waals surface area contributed by atoms with Crippen molar-refractivity contribution in [3.63, 3.8) is 0 Å². The number of ether oxygens (including phenoxy) is 1. The van der Waals surface area contributed by atoms with E-state index >= 15 is 0 Å². The van der Waals surface area contributed by atoms with Crippen LogP contribution < -0.4 is 10.3 Å². The summed E-state index contributed by atoms with van der Waals surface area (Å²) in [6.07, 6.45) is 1.52. The number of hydrogen-bond acceptors (Lipinski definition) is 5. The van der Waals surface area contributed by atoms with Gasteiger partial charge in [0.15, 0.2) is 0 Å². The topological polar surface area (TPSA) is 75.3 Å². The van der Waals surface area contributed by atoms with Gasteiger partial charge >= 0.3 is 0 Å². The van der Waals surface area contributed by atoms with E-state index in [1.807, 2.05) is 52.9 Å². The zero-order valence-corrected chi connectivity index (χ0v) is 17.1. The zero-order chi connectivity index (χ0) is 20.2. The van der Waals surface area contributed by atoms with Crippen molar-refractivity contribution < 1.29 is 9.53 Å². The minimum atomic E-state index is -0.139. The molecule has 0 spiro atoms. The fourth-order valence-corrected chi connectivity index (χ4v) is 4.33. The molecule has 0 aliphatic carbocycles. The Labute approximate surface area is 173 Å².